The summed E-state index contributed by atoms with van der Waals surface area (Å²) in [4.78, 5) is 22.9. The molecule has 1 fully saturated rings. The van der Waals surface area contributed by atoms with Crippen LogP contribution in [0.4, 0.5) is 5.95 Å². The number of carbonyl (C=O) groups is 1. The number of nitrogens with zero attached hydrogens (tertiary/aromatic N) is 5. The van der Waals surface area contributed by atoms with Crippen LogP contribution in [0.1, 0.15) is 43.4 Å². The molecule has 1 amide bonds. The molecule has 2 aliphatic rings. The third-order valence-corrected chi connectivity index (χ3v) is 6.69. The highest BCUT2D eigenvalue weighted by molar-refractivity contribution is 5.77. The van der Waals surface area contributed by atoms with Crippen LogP contribution in [-0.4, -0.2) is 70.3 Å². The number of hydrogen-bond donors (Lipinski definition) is 3. The average molecular weight is 450 g/mol. The van der Waals surface area contributed by atoms with Gasteiger partial charge >= 0.3 is 0 Å². The van der Waals surface area contributed by atoms with Crippen molar-refractivity contribution in [2.24, 2.45) is 0 Å². The second kappa shape index (κ2) is 9.06. The monoisotopic (exact) mass is 449 g/mol. The number of benzene rings is 1. The number of anilines is 1. The van der Waals surface area contributed by atoms with Crippen molar-refractivity contribution in [3.05, 3.63) is 41.1 Å². The molecule has 1 aliphatic heterocycles. The Balaban J connectivity index is 1.61. The van der Waals surface area contributed by atoms with E-state index >= 15 is 0 Å². The van der Waals surface area contributed by atoms with Crippen LogP contribution in [0.25, 0.3) is 11.3 Å². The lowest BCUT2D eigenvalue weighted by atomic mass is 9.83. The standard InChI is InChI=1S/C24H31N7O2/c1-15-9-21(31(29-15)13-22(33)30(3)4)28-23-26-8-6-20(27-23)16-10-17(12-25)18-5-7-24(2,14-32)19(18)11-16/h6,8,10-11,15,21,29,32H,5,7,9,13-14H2,1-4H3,(H,26,27,28). The number of fused-ring (bicyclic) bond motifs is 1. The van der Waals surface area contributed by atoms with Gasteiger partial charge in [-0.1, -0.05) is 6.92 Å². The van der Waals surface area contributed by atoms with Crippen LogP contribution in [0.15, 0.2) is 24.4 Å². The number of aliphatic hydroxyl groups is 1. The van der Waals surface area contributed by atoms with Crippen LogP contribution in [0.2, 0.25) is 0 Å². The van der Waals surface area contributed by atoms with Crippen molar-refractivity contribution in [2.45, 2.75) is 50.7 Å². The first-order valence-corrected chi connectivity index (χ1v) is 11.3. The van der Waals surface area contributed by atoms with Crippen molar-refractivity contribution in [2.75, 3.05) is 32.6 Å². The summed E-state index contributed by atoms with van der Waals surface area (Å²) in [6.07, 6.45) is 3.96. The van der Waals surface area contributed by atoms with E-state index in [0.717, 1.165) is 36.0 Å². The van der Waals surface area contributed by atoms with Gasteiger partial charge in [0.1, 0.15) is 0 Å². The van der Waals surface area contributed by atoms with Crippen molar-refractivity contribution in [1.82, 2.24) is 25.3 Å². The van der Waals surface area contributed by atoms with Crippen molar-refractivity contribution >= 4 is 11.9 Å². The number of nitriles is 1. The smallest absolute Gasteiger partial charge is 0.237 e. The summed E-state index contributed by atoms with van der Waals surface area (Å²) < 4.78 is 0. The molecule has 2 heterocycles. The summed E-state index contributed by atoms with van der Waals surface area (Å²) in [6, 6.07) is 8.27. The maximum Gasteiger partial charge on any atom is 0.237 e. The molecule has 1 aromatic carbocycles. The predicted octanol–water partition coefficient (Wildman–Crippen LogP) is 1.64. The number of hydrazine groups is 1. The lowest BCUT2D eigenvalue weighted by Crippen LogP contribution is -2.47. The van der Waals surface area contributed by atoms with E-state index in [-0.39, 0.29) is 36.7 Å². The number of carbonyl (C=O) groups excluding carboxylic acids is 1. The summed E-state index contributed by atoms with van der Waals surface area (Å²) in [5.74, 6) is 0.465. The van der Waals surface area contributed by atoms with Gasteiger partial charge in [-0.25, -0.2) is 20.4 Å². The van der Waals surface area contributed by atoms with E-state index in [1.165, 1.54) is 0 Å². The summed E-state index contributed by atoms with van der Waals surface area (Å²) in [7, 11) is 3.48. The van der Waals surface area contributed by atoms with Gasteiger partial charge in [0.05, 0.1) is 36.6 Å². The molecule has 174 valence electrons. The number of likely N-dealkylation sites (N-methyl/N-ethyl adjacent to an activating group) is 1. The van der Waals surface area contributed by atoms with Gasteiger partial charge in [-0.05, 0) is 55.5 Å². The molecule has 0 saturated carbocycles. The van der Waals surface area contributed by atoms with Crippen molar-refractivity contribution in [3.63, 3.8) is 0 Å². The quantitative estimate of drug-likeness (QED) is 0.609. The average Bonchev–Trinajstić information content (AvgIpc) is 3.32. The van der Waals surface area contributed by atoms with E-state index < -0.39 is 0 Å². The highest BCUT2D eigenvalue weighted by atomic mass is 16.3. The van der Waals surface area contributed by atoms with Crippen molar-refractivity contribution in [1.29, 1.82) is 5.26 Å². The lowest BCUT2D eigenvalue weighted by molar-refractivity contribution is -0.130. The highest BCUT2D eigenvalue weighted by Crippen LogP contribution is 2.42. The Labute approximate surface area is 194 Å². The Morgan fingerprint density at radius 3 is 2.94 bits per heavy atom. The number of rotatable bonds is 6. The molecule has 0 radical (unpaired) electrons. The maximum atomic E-state index is 12.2. The third-order valence-electron chi connectivity index (χ3n) is 6.69. The lowest BCUT2D eigenvalue weighted by Gasteiger charge is -2.25. The number of aromatic nitrogens is 2. The number of nitrogens with one attached hydrogen (secondary N) is 2. The van der Waals surface area contributed by atoms with Gasteiger partial charge < -0.3 is 15.3 Å². The van der Waals surface area contributed by atoms with Gasteiger partial charge in [-0.3, -0.25) is 4.79 Å². The molecule has 4 rings (SSSR count). The fourth-order valence-electron chi connectivity index (χ4n) is 4.63. The largest absolute Gasteiger partial charge is 0.395 e. The second-order valence-electron chi connectivity index (χ2n) is 9.49. The molecule has 3 atom stereocenters. The van der Waals surface area contributed by atoms with E-state index in [0.29, 0.717) is 17.2 Å². The van der Waals surface area contributed by atoms with Crippen LogP contribution in [0.3, 0.4) is 0 Å². The predicted molar refractivity (Wildman–Crippen MR) is 125 cm³/mol. The van der Waals surface area contributed by atoms with Crippen molar-refractivity contribution in [3.8, 4) is 17.3 Å². The number of aliphatic hydroxyl groups excluding tert-OH is 1. The zero-order valence-electron chi connectivity index (χ0n) is 19.6. The third kappa shape index (κ3) is 4.55. The molecule has 3 unspecified atom stereocenters. The molecule has 0 bridgehead atoms. The molecule has 1 aliphatic carbocycles. The van der Waals surface area contributed by atoms with Crippen molar-refractivity contribution < 1.29 is 9.90 Å². The summed E-state index contributed by atoms with van der Waals surface area (Å²) in [6.45, 7) is 4.39. The Bertz CT molecular complexity index is 1100. The van der Waals surface area contributed by atoms with Gasteiger partial charge in [0.15, 0.2) is 0 Å². The Morgan fingerprint density at radius 1 is 1.45 bits per heavy atom. The molecule has 2 aromatic rings. The Hall–Kier alpha value is -3.06. The number of hydrogen-bond acceptors (Lipinski definition) is 8. The summed E-state index contributed by atoms with van der Waals surface area (Å²) in [5, 5.41) is 24.9. The van der Waals surface area contributed by atoms with Gasteiger partial charge in [-0.15, -0.1) is 0 Å². The first kappa shape index (κ1) is 23.1. The zero-order valence-corrected chi connectivity index (χ0v) is 19.6. The summed E-state index contributed by atoms with van der Waals surface area (Å²) in [5.41, 5.74) is 7.19. The van der Waals surface area contributed by atoms with Crippen LogP contribution in [-0.2, 0) is 16.6 Å². The molecule has 3 N–H and O–H groups in total. The van der Waals surface area contributed by atoms with Gasteiger partial charge in [-0.2, -0.15) is 5.26 Å². The molecule has 9 heteroatoms. The first-order chi connectivity index (χ1) is 15.7. The van der Waals surface area contributed by atoms with Crippen LogP contribution in [0.5, 0.6) is 0 Å². The molecular formula is C24H31N7O2. The molecule has 33 heavy (non-hydrogen) atoms. The van der Waals surface area contributed by atoms with Gasteiger partial charge in [0, 0.05) is 37.3 Å². The second-order valence-corrected chi connectivity index (χ2v) is 9.49. The Morgan fingerprint density at radius 2 is 2.24 bits per heavy atom. The fourth-order valence-corrected chi connectivity index (χ4v) is 4.63. The minimum absolute atomic E-state index is 0.00664. The van der Waals surface area contributed by atoms with Gasteiger partial charge in [0.25, 0.3) is 0 Å². The molecule has 1 saturated heterocycles. The van der Waals surface area contributed by atoms with Crippen LogP contribution in [0, 0.1) is 11.3 Å². The Kier molecular flexibility index (Phi) is 6.34. The van der Waals surface area contributed by atoms with Crippen LogP contribution < -0.4 is 10.7 Å². The topological polar surface area (TPSA) is 117 Å². The zero-order chi connectivity index (χ0) is 23.8. The van der Waals surface area contributed by atoms with E-state index in [1.54, 1.807) is 25.2 Å². The van der Waals surface area contributed by atoms with Gasteiger partial charge in [0.2, 0.25) is 11.9 Å². The molecule has 0 spiro atoms. The minimum Gasteiger partial charge on any atom is -0.395 e. The fraction of sp³-hybridized carbons (Fsp3) is 0.500. The maximum absolute atomic E-state index is 12.2. The normalized spacial score (nSPS) is 24.4. The SMILES string of the molecule is CC1CC(Nc2nccc(-c3cc(C#N)c4c(c3)C(C)(CO)CC4)n2)N(CC(=O)N(C)C)N1. The van der Waals surface area contributed by atoms with E-state index in [1.807, 2.05) is 30.1 Å². The molecular weight excluding hydrogens is 418 g/mol. The van der Waals surface area contributed by atoms with Crippen LogP contribution >= 0.6 is 0 Å². The number of amides is 1. The molecule has 1 aromatic heterocycles. The minimum atomic E-state index is -0.351. The molecule has 9 nitrogen and oxygen atoms in total. The first-order valence-electron chi connectivity index (χ1n) is 11.3. The highest BCUT2D eigenvalue weighted by Gasteiger charge is 2.36. The van der Waals surface area contributed by atoms with E-state index in [4.69, 9.17) is 4.98 Å². The van der Waals surface area contributed by atoms with E-state index in [2.05, 4.69) is 28.7 Å². The van der Waals surface area contributed by atoms with E-state index in [9.17, 15) is 15.2 Å². The summed E-state index contributed by atoms with van der Waals surface area (Å²) >= 11 is 0.